The van der Waals surface area contributed by atoms with Gasteiger partial charge in [0.25, 0.3) is 5.91 Å². The van der Waals surface area contributed by atoms with Gasteiger partial charge < -0.3 is 14.6 Å². The molecule has 2 aromatic carbocycles. The number of aromatic nitrogens is 2. The first-order valence-electron chi connectivity index (χ1n) is 9.24. The Bertz CT molecular complexity index is 882. The Hall–Kier alpha value is -2.92. The summed E-state index contributed by atoms with van der Waals surface area (Å²) < 4.78 is 1.72. The second kappa shape index (κ2) is 7.00. The second-order valence-corrected chi connectivity index (χ2v) is 7.02. The summed E-state index contributed by atoms with van der Waals surface area (Å²) in [6, 6.07) is 18.9. The van der Waals surface area contributed by atoms with Crippen molar-refractivity contribution in [3.63, 3.8) is 0 Å². The van der Waals surface area contributed by atoms with Crippen molar-refractivity contribution in [3.05, 3.63) is 90.0 Å². The van der Waals surface area contributed by atoms with Crippen molar-refractivity contribution < 1.29 is 9.90 Å². The molecule has 1 N–H and O–H groups in total. The number of carbonyl (C=O) groups excluding carboxylic acids is 1. The van der Waals surface area contributed by atoms with Crippen LogP contribution in [-0.4, -0.2) is 38.1 Å². The zero-order chi connectivity index (χ0) is 18.9. The predicted octanol–water partition coefficient (Wildman–Crippen LogP) is 2.96. The fourth-order valence-electron chi connectivity index (χ4n) is 4.08. The van der Waals surface area contributed by atoms with Crippen LogP contribution in [0.25, 0.3) is 0 Å². The summed E-state index contributed by atoms with van der Waals surface area (Å²) in [7, 11) is 1.81. The third-order valence-electron chi connectivity index (χ3n) is 5.44. The minimum absolute atomic E-state index is 0.143. The molecular formula is C22H23N3O2. The van der Waals surface area contributed by atoms with Gasteiger partial charge in [-0.05, 0) is 24.0 Å². The highest BCUT2D eigenvalue weighted by atomic mass is 16.3. The molecule has 1 amide bonds. The SMILES string of the molecule is Cn1ccnc1C(=O)N1CCC[C@H]1C(O)(c1ccccc1)c1ccccc1. The van der Waals surface area contributed by atoms with Crippen LogP contribution in [-0.2, 0) is 12.6 Å². The van der Waals surface area contributed by atoms with Gasteiger partial charge in [-0.3, -0.25) is 4.79 Å². The molecule has 1 fully saturated rings. The van der Waals surface area contributed by atoms with Gasteiger partial charge >= 0.3 is 0 Å². The Kier molecular flexibility index (Phi) is 4.54. The molecule has 1 aromatic heterocycles. The number of imidazole rings is 1. The average Bonchev–Trinajstić information content (AvgIpc) is 3.37. The van der Waals surface area contributed by atoms with Crippen LogP contribution >= 0.6 is 0 Å². The molecule has 2 heterocycles. The molecule has 1 saturated heterocycles. The van der Waals surface area contributed by atoms with Crippen LogP contribution < -0.4 is 0 Å². The van der Waals surface area contributed by atoms with Crippen molar-refractivity contribution >= 4 is 5.91 Å². The molecule has 1 aliphatic rings. The third-order valence-corrected chi connectivity index (χ3v) is 5.44. The maximum Gasteiger partial charge on any atom is 0.290 e. The summed E-state index contributed by atoms with van der Waals surface area (Å²) in [4.78, 5) is 19.2. The van der Waals surface area contributed by atoms with Gasteiger partial charge in [-0.25, -0.2) is 4.98 Å². The number of aliphatic hydroxyl groups is 1. The number of nitrogens with zero attached hydrogens (tertiary/aromatic N) is 3. The van der Waals surface area contributed by atoms with E-state index in [4.69, 9.17) is 0 Å². The van der Waals surface area contributed by atoms with E-state index >= 15 is 0 Å². The monoisotopic (exact) mass is 361 g/mol. The van der Waals surface area contributed by atoms with Crippen molar-refractivity contribution in [2.24, 2.45) is 7.05 Å². The van der Waals surface area contributed by atoms with Gasteiger partial charge in [-0.1, -0.05) is 60.7 Å². The minimum atomic E-state index is -1.28. The fourth-order valence-corrected chi connectivity index (χ4v) is 4.08. The lowest BCUT2D eigenvalue weighted by Crippen LogP contribution is -2.50. The number of amides is 1. The van der Waals surface area contributed by atoms with E-state index in [1.807, 2.05) is 67.7 Å². The molecule has 3 aromatic rings. The lowest BCUT2D eigenvalue weighted by Gasteiger charge is -2.40. The standard InChI is InChI=1S/C22H23N3O2/c1-24-16-14-23-20(24)21(26)25-15-8-13-19(25)22(27,17-9-4-2-5-10-17)18-11-6-3-7-12-18/h2-7,9-12,14,16,19,27H,8,13,15H2,1H3/t19-/m0/s1. The summed E-state index contributed by atoms with van der Waals surface area (Å²) in [5.41, 5.74) is 0.307. The maximum absolute atomic E-state index is 13.2. The van der Waals surface area contributed by atoms with E-state index in [1.54, 1.807) is 21.9 Å². The molecule has 0 saturated carbocycles. The van der Waals surface area contributed by atoms with E-state index in [-0.39, 0.29) is 11.9 Å². The fraction of sp³-hybridized carbons (Fsp3) is 0.273. The van der Waals surface area contributed by atoms with Crippen molar-refractivity contribution in [2.75, 3.05) is 6.54 Å². The van der Waals surface area contributed by atoms with Crippen LogP contribution in [0.3, 0.4) is 0 Å². The van der Waals surface area contributed by atoms with Crippen LogP contribution in [0.4, 0.5) is 0 Å². The first-order valence-corrected chi connectivity index (χ1v) is 9.24. The van der Waals surface area contributed by atoms with Crippen molar-refractivity contribution in [3.8, 4) is 0 Å². The molecule has 138 valence electrons. The quantitative estimate of drug-likeness (QED) is 0.777. The first-order chi connectivity index (χ1) is 13.1. The molecule has 27 heavy (non-hydrogen) atoms. The lowest BCUT2D eigenvalue weighted by atomic mass is 9.79. The third kappa shape index (κ3) is 2.94. The number of rotatable bonds is 4. The van der Waals surface area contributed by atoms with E-state index in [0.717, 1.165) is 24.0 Å². The first kappa shape index (κ1) is 17.5. The Morgan fingerprint density at radius 2 is 1.67 bits per heavy atom. The lowest BCUT2D eigenvalue weighted by molar-refractivity contribution is -0.00130. The summed E-state index contributed by atoms with van der Waals surface area (Å²) in [6.07, 6.45) is 4.97. The highest BCUT2D eigenvalue weighted by molar-refractivity contribution is 5.91. The highest BCUT2D eigenvalue weighted by Crippen LogP contribution is 2.40. The normalized spacial score (nSPS) is 17.3. The maximum atomic E-state index is 13.2. The Morgan fingerprint density at radius 3 is 2.19 bits per heavy atom. The highest BCUT2D eigenvalue weighted by Gasteiger charge is 2.47. The zero-order valence-corrected chi connectivity index (χ0v) is 15.3. The summed E-state index contributed by atoms with van der Waals surface area (Å²) in [5.74, 6) is 0.251. The molecule has 4 rings (SSSR count). The number of likely N-dealkylation sites (tertiary alicyclic amines) is 1. The van der Waals surface area contributed by atoms with Gasteiger partial charge in [-0.2, -0.15) is 0 Å². The number of aryl methyl sites for hydroxylation is 1. The average molecular weight is 361 g/mol. The largest absolute Gasteiger partial charge is 0.378 e. The van der Waals surface area contributed by atoms with Crippen LogP contribution in [0.5, 0.6) is 0 Å². The second-order valence-electron chi connectivity index (χ2n) is 7.02. The van der Waals surface area contributed by atoms with Gasteiger partial charge in [0.05, 0.1) is 6.04 Å². The number of carbonyl (C=O) groups is 1. The van der Waals surface area contributed by atoms with Crippen molar-refractivity contribution in [1.82, 2.24) is 14.5 Å². The van der Waals surface area contributed by atoms with Gasteiger partial charge in [0.15, 0.2) is 5.82 Å². The molecule has 0 radical (unpaired) electrons. The van der Waals surface area contributed by atoms with E-state index in [1.165, 1.54) is 0 Å². The summed E-state index contributed by atoms with van der Waals surface area (Å²) in [5, 5.41) is 12.0. The van der Waals surface area contributed by atoms with Gasteiger partial charge in [0, 0.05) is 26.0 Å². The number of hydrogen-bond donors (Lipinski definition) is 1. The topological polar surface area (TPSA) is 58.4 Å². The number of hydrogen-bond acceptors (Lipinski definition) is 3. The Balaban J connectivity index is 1.80. The predicted molar refractivity (Wildman–Crippen MR) is 103 cm³/mol. The molecular weight excluding hydrogens is 338 g/mol. The molecule has 0 bridgehead atoms. The smallest absolute Gasteiger partial charge is 0.290 e. The van der Waals surface area contributed by atoms with Gasteiger partial charge in [0.1, 0.15) is 5.60 Å². The van der Waals surface area contributed by atoms with Crippen LogP contribution in [0.2, 0.25) is 0 Å². The van der Waals surface area contributed by atoms with Crippen molar-refractivity contribution in [2.45, 2.75) is 24.5 Å². The molecule has 0 unspecified atom stereocenters. The molecule has 5 nitrogen and oxygen atoms in total. The van der Waals surface area contributed by atoms with Gasteiger partial charge in [-0.15, -0.1) is 0 Å². The molecule has 5 heteroatoms. The Labute approximate surface area is 158 Å². The van der Waals surface area contributed by atoms with E-state index < -0.39 is 5.60 Å². The zero-order valence-electron chi connectivity index (χ0n) is 15.3. The molecule has 0 spiro atoms. The van der Waals surface area contributed by atoms with Crippen molar-refractivity contribution in [1.29, 1.82) is 0 Å². The van der Waals surface area contributed by atoms with Gasteiger partial charge in [0.2, 0.25) is 0 Å². The van der Waals surface area contributed by atoms with E-state index in [9.17, 15) is 9.90 Å². The van der Waals surface area contributed by atoms with Crippen LogP contribution in [0.1, 0.15) is 34.6 Å². The summed E-state index contributed by atoms with van der Waals surface area (Å²) in [6.45, 7) is 0.609. The molecule has 1 atom stereocenters. The van der Waals surface area contributed by atoms with E-state index in [2.05, 4.69) is 4.98 Å². The van der Waals surface area contributed by atoms with E-state index in [0.29, 0.717) is 12.4 Å². The summed E-state index contributed by atoms with van der Waals surface area (Å²) >= 11 is 0. The minimum Gasteiger partial charge on any atom is -0.378 e. The van der Waals surface area contributed by atoms with Crippen LogP contribution in [0.15, 0.2) is 73.1 Å². The Morgan fingerprint density at radius 1 is 1.07 bits per heavy atom. The molecule has 0 aliphatic carbocycles. The van der Waals surface area contributed by atoms with Crippen LogP contribution in [0, 0.1) is 0 Å². The molecule has 1 aliphatic heterocycles. The number of benzene rings is 2.